The van der Waals surface area contributed by atoms with Gasteiger partial charge in [0.2, 0.25) is 0 Å². The van der Waals surface area contributed by atoms with E-state index in [4.69, 9.17) is 16.6 Å². The van der Waals surface area contributed by atoms with Crippen molar-refractivity contribution in [2.24, 2.45) is 0 Å². The predicted octanol–water partition coefficient (Wildman–Crippen LogP) is 1.74. The number of rotatable bonds is 4. The summed E-state index contributed by atoms with van der Waals surface area (Å²) in [6.07, 6.45) is 2.57. The molecule has 0 spiro atoms. The summed E-state index contributed by atoms with van der Waals surface area (Å²) in [4.78, 5) is 9.43. The number of likely N-dealkylation sites (N-methyl/N-ethyl adjacent to an activating group) is 1. The highest BCUT2D eigenvalue weighted by atomic mass is 35.5. The van der Waals surface area contributed by atoms with E-state index in [9.17, 15) is 0 Å². The summed E-state index contributed by atoms with van der Waals surface area (Å²) >= 11 is 6.23. The molecule has 4 nitrogen and oxygen atoms in total. The SMILES string of the molecule is CN1CCN(c2ccc(Cl)c(CNC3CC3)n2)CC1. The fourth-order valence-corrected chi connectivity index (χ4v) is 2.51. The van der Waals surface area contributed by atoms with E-state index in [1.807, 2.05) is 12.1 Å². The molecule has 2 heterocycles. The van der Waals surface area contributed by atoms with Crippen LogP contribution in [-0.4, -0.2) is 49.2 Å². The third kappa shape index (κ3) is 3.38. The van der Waals surface area contributed by atoms with Gasteiger partial charge in [0, 0.05) is 38.8 Å². The van der Waals surface area contributed by atoms with E-state index in [1.54, 1.807) is 0 Å². The van der Waals surface area contributed by atoms with Crippen molar-refractivity contribution in [1.82, 2.24) is 15.2 Å². The summed E-state index contributed by atoms with van der Waals surface area (Å²) in [5.41, 5.74) is 0.977. The lowest BCUT2D eigenvalue weighted by atomic mass is 10.3. The largest absolute Gasteiger partial charge is 0.354 e. The van der Waals surface area contributed by atoms with Crippen LogP contribution in [-0.2, 0) is 6.54 Å². The van der Waals surface area contributed by atoms with E-state index in [0.717, 1.165) is 49.3 Å². The first-order valence-electron chi connectivity index (χ1n) is 7.04. The zero-order valence-electron chi connectivity index (χ0n) is 11.4. The van der Waals surface area contributed by atoms with Crippen molar-refractivity contribution < 1.29 is 0 Å². The van der Waals surface area contributed by atoms with Crippen LogP contribution in [0.2, 0.25) is 5.02 Å². The number of anilines is 1. The molecule has 2 fully saturated rings. The molecule has 3 rings (SSSR count). The molecule has 0 atom stereocenters. The third-order valence-corrected chi connectivity index (χ3v) is 4.21. The maximum absolute atomic E-state index is 6.23. The summed E-state index contributed by atoms with van der Waals surface area (Å²) in [6.45, 7) is 5.06. The topological polar surface area (TPSA) is 31.4 Å². The first kappa shape index (κ1) is 13.2. The van der Waals surface area contributed by atoms with Crippen LogP contribution in [0.5, 0.6) is 0 Å². The lowest BCUT2D eigenvalue weighted by Gasteiger charge is -2.33. The zero-order valence-corrected chi connectivity index (χ0v) is 12.2. The molecule has 1 saturated carbocycles. The third-order valence-electron chi connectivity index (χ3n) is 3.87. The summed E-state index contributed by atoms with van der Waals surface area (Å²) < 4.78 is 0. The maximum atomic E-state index is 6.23. The molecular weight excluding hydrogens is 260 g/mol. The quantitative estimate of drug-likeness (QED) is 0.910. The maximum Gasteiger partial charge on any atom is 0.129 e. The number of nitrogens with zero attached hydrogens (tertiary/aromatic N) is 3. The molecule has 5 heteroatoms. The van der Waals surface area contributed by atoms with Crippen LogP contribution < -0.4 is 10.2 Å². The van der Waals surface area contributed by atoms with E-state index < -0.39 is 0 Å². The molecule has 0 aromatic carbocycles. The van der Waals surface area contributed by atoms with Crippen molar-refractivity contribution in [3.63, 3.8) is 0 Å². The normalized spacial score (nSPS) is 20.8. The number of piperazine rings is 1. The second-order valence-corrected chi connectivity index (χ2v) is 5.95. The van der Waals surface area contributed by atoms with Crippen LogP contribution in [0.3, 0.4) is 0 Å². The molecular formula is C14H21ClN4. The summed E-state index contributed by atoms with van der Waals surface area (Å²) in [5.74, 6) is 1.06. The van der Waals surface area contributed by atoms with Gasteiger partial charge < -0.3 is 15.1 Å². The average molecular weight is 281 g/mol. The first-order chi connectivity index (χ1) is 9.22. The molecule has 1 aliphatic heterocycles. The summed E-state index contributed by atoms with van der Waals surface area (Å²) in [5, 5.41) is 4.25. The van der Waals surface area contributed by atoms with Crippen LogP contribution in [0.25, 0.3) is 0 Å². The minimum atomic E-state index is 0.685. The number of aromatic nitrogens is 1. The molecule has 0 amide bonds. The van der Waals surface area contributed by atoms with E-state index in [-0.39, 0.29) is 0 Å². The molecule has 1 aromatic heterocycles. The second kappa shape index (κ2) is 5.65. The lowest BCUT2D eigenvalue weighted by molar-refractivity contribution is 0.312. The van der Waals surface area contributed by atoms with Crippen molar-refractivity contribution in [2.45, 2.75) is 25.4 Å². The van der Waals surface area contributed by atoms with Crippen LogP contribution in [0, 0.1) is 0 Å². The van der Waals surface area contributed by atoms with Crippen molar-refractivity contribution in [1.29, 1.82) is 0 Å². The fraction of sp³-hybridized carbons (Fsp3) is 0.643. The molecule has 0 bridgehead atoms. The van der Waals surface area contributed by atoms with Gasteiger partial charge >= 0.3 is 0 Å². The average Bonchev–Trinajstić information content (AvgIpc) is 3.23. The number of halogens is 1. The molecule has 1 aliphatic carbocycles. The molecule has 1 N–H and O–H groups in total. The molecule has 2 aliphatic rings. The highest BCUT2D eigenvalue weighted by Gasteiger charge is 2.21. The van der Waals surface area contributed by atoms with Gasteiger partial charge in [-0.1, -0.05) is 11.6 Å². The Hall–Kier alpha value is -0.840. The Labute approximate surface area is 119 Å². The Kier molecular flexibility index (Phi) is 3.91. The zero-order chi connectivity index (χ0) is 13.2. The summed E-state index contributed by atoms with van der Waals surface area (Å²) in [6, 6.07) is 4.70. The highest BCUT2D eigenvalue weighted by molar-refractivity contribution is 6.31. The second-order valence-electron chi connectivity index (χ2n) is 5.54. The first-order valence-corrected chi connectivity index (χ1v) is 7.42. The fourth-order valence-electron chi connectivity index (χ4n) is 2.34. The highest BCUT2D eigenvalue weighted by Crippen LogP contribution is 2.23. The van der Waals surface area contributed by atoms with Gasteiger partial charge in [-0.05, 0) is 32.0 Å². The molecule has 19 heavy (non-hydrogen) atoms. The number of pyridine rings is 1. The van der Waals surface area contributed by atoms with E-state index in [2.05, 4.69) is 22.2 Å². The molecule has 0 radical (unpaired) electrons. The Morgan fingerprint density at radius 3 is 2.68 bits per heavy atom. The van der Waals surface area contributed by atoms with Gasteiger partial charge in [-0.15, -0.1) is 0 Å². The van der Waals surface area contributed by atoms with Gasteiger partial charge in [0.15, 0.2) is 0 Å². The minimum Gasteiger partial charge on any atom is -0.354 e. The predicted molar refractivity (Wildman–Crippen MR) is 78.8 cm³/mol. The monoisotopic (exact) mass is 280 g/mol. The molecule has 1 saturated heterocycles. The van der Waals surface area contributed by atoms with Crippen molar-refractivity contribution >= 4 is 17.4 Å². The van der Waals surface area contributed by atoms with Crippen LogP contribution >= 0.6 is 11.6 Å². The molecule has 1 aromatic rings. The molecule has 0 unspecified atom stereocenters. The van der Waals surface area contributed by atoms with Gasteiger partial charge in [0.1, 0.15) is 5.82 Å². The van der Waals surface area contributed by atoms with Crippen molar-refractivity contribution in [3.8, 4) is 0 Å². The van der Waals surface area contributed by atoms with Gasteiger partial charge in [-0.25, -0.2) is 4.98 Å². The Morgan fingerprint density at radius 1 is 1.26 bits per heavy atom. The standard InChI is InChI=1S/C14H21ClN4/c1-18-6-8-19(9-7-18)14-5-4-12(15)13(17-14)10-16-11-2-3-11/h4-5,11,16H,2-3,6-10H2,1H3. The van der Waals surface area contributed by atoms with Gasteiger partial charge in [-0.3, -0.25) is 0 Å². The van der Waals surface area contributed by atoms with Crippen LogP contribution in [0.4, 0.5) is 5.82 Å². The number of hydrogen-bond donors (Lipinski definition) is 1. The Bertz CT molecular complexity index is 439. The van der Waals surface area contributed by atoms with Crippen LogP contribution in [0.15, 0.2) is 12.1 Å². The van der Waals surface area contributed by atoms with Gasteiger partial charge in [0.05, 0.1) is 10.7 Å². The van der Waals surface area contributed by atoms with E-state index >= 15 is 0 Å². The van der Waals surface area contributed by atoms with Crippen molar-refractivity contribution in [2.75, 3.05) is 38.1 Å². The lowest BCUT2D eigenvalue weighted by Crippen LogP contribution is -2.44. The number of hydrogen-bond acceptors (Lipinski definition) is 4. The van der Waals surface area contributed by atoms with Crippen molar-refractivity contribution in [3.05, 3.63) is 22.8 Å². The van der Waals surface area contributed by atoms with Gasteiger partial charge in [-0.2, -0.15) is 0 Å². The smallest absolute Gasteiger partial charge is 0.129 e. The van der Waals surface area contributed by atoms with Crippen LogP contribution in [0.1, 0.15) is 18.5 Å². The van der Waals surface area contributed by atoms with E-state index in [1.165, 1.54) is 12.8 Å². The summed E-state index contributed by atoms with van der Waals surface area (Å²) in [7, 11) is 2.16. The Morgan fingerprint density at radius 2 is 2.00 bits per heavy atom. The number of nitrogens with one attached hydrogen (secondary N) is 1. The van der Waals surface area contributed by atoms with E-state index in [0.29, 0.717) is 6.04 Å². The molecule has 104 valence electrons. The van der Waals surface area contributed by atoms with Gasteiger partial charge in [0.25, 0.3) is 0 Å². The Balaban J connectivity index is 1.68. The minimum absolute atomic E-state index is 0.685.